The maximum absolute atomic E-state index is 13.9. The third kappa shape index (κ3) is 2.99. The Bertz CT molecular complexity index is 676. The lowest BCUT2D eigenvalue weighted by molar-refractivity contribution is -0.386. The van der Waals surface area contributed by atoms with Crippen molar-refractivity contribution in [2.24, 2.45) is 0 Å². The molecule has 0 fully saturated rings. The average molecular weight is 380 g/mol. The molecule has 0 bridgehead atoms. The molecule has 0 heterocycles. The third-order valence-electron chi connectivity index (χ3n) is 4.02. The molecule has 0 unspecified atom stereocenters. The van der Waals surface area contributed by atoms with Crippen LogP contribution in [0.5, 0.6) is 0 Å². The van der Waals surface area contributed by atoms with Gasteiger partial charge in [0.25, 0.3) is 0 Å². The van der Waals surface area contributed by atoms with E-state index in [-0.39, 0.29) is 22.3 Å². The summed E-state index contributed by atoms with van der Waals surface area (Å²) in [6, 6.07) is 1.43. The van der Waals surface area contributed by atoms with Gasteiger partial charge in [-0.05, 0) is 49.9 Å². The van der Waals surface area contributed by atoms with Crippen LogP contribution < -0.4 is 0 Å². The van der Waals surface area contributed by atoms with Crippen LogP contribution in [0.3, 0.4) is 0 Å². The smallest absolute Gasteiger partial charge is 0.287 e. The Kier molecular flexibility index (Phi) is 5.04. The van der Waals surface area contributed by atoms with Crippen LogP contribution in [0.1, 0.15) is 32.6 Å². The van der Waals surface area contributed by atoms with Crippen molar-refractivity contribution in [3.63, 3.8) is 0 Å². The largest absolute Gasteiger partial charge is 0.460 e. The highest BCUT2D eigenvalue weighted by Crippen LogP contribution is 2.54. The first-order chi connectivity index (χ1) is 10.9. The van der Waals surface area contributed by atoms with E-state index in [0.717, 1.165) is 13.8 Å². The van der Waals surface area contributed by atoms with Crippen LogP contribution in [-0.2, 0) is 0 Å². The number of hydrogen-bond acceptors (Lipinski definition) is 1. The molecule has 0 aromatic heterocycles. The van der Waals surface area contributed by atoms with Gasteiger partial charge in [-0.3, -0.25) is 4.79 Å². The second-order valence-electron chi connectivity index (χ2n) is 5.69. The maximum Gasteiger partial charge on any atom is 0.460 e. The number of Topliss-reactive ketones (excluding diaryl/α,β-unsaturated/α-hetero) is 1. The minimum atomic E-state index is -7.10. The van der Waals surface area contributed by atoms with Gasteiger partial charge in [0.2, 0.25) is 5.78 Å². The summed E-state index contributed by atoms with van der Waals surface area (Å²) in [5, 5.41) is 0. The molecule has 0 aliphatic carbocycles. The van der Waals surface area contributed by atoms with Gasteiger partial charge in [-0.25, -0.2) is 0 Å². The van der Waals surface area contributed by atoms with Crippen molar-refractivity contribution in [1.82, 2.24) is 0 Å². The molecule has 1 aromatic carbocycles. The van der Waals surface area contributed by atoms with Gasteiger partial charge >= 0.3 is 23.9 Å². The van der Waals surface area contributed by atoms with E-state index < -0.39 is 35.3 Å². The van der Waals surface area contributed by atoms with Crippen molar-refractivity contribution in [2.75, 3.05) is 0 Å². The van der Waals surface area contributed by atoms with Crippen LogP contribution in [-0.4, -0.2) is 29.7 Å². The summed E-state index contributed by atoms with van der Waals surface area (Å²) in [7, 11) is 0. The van der Waals surface area contributed by atoms with Crippen LogP contribution in [0.25, 0.3) is 0 Å². The molecule has 1 rings (SSSR count). The fraction of sp³-hybridized carbons (Fsp3) is 0.533. The van der Waals surface area contributed by atoms with Crippen molar-refractivity contribution in [2.45, 2.75) is 51.6 Å². The predicted molar refractivity (Wildman–Crippen MR) is 70.6 cm³/mol. The molecule has 0 saturated carbocycles. The Balaban J connectivity index is 3.63. The number of alkyl halides is 9. The van der Waals surface area contributed by atoms with Crippen molar-refractivity contribution < 1.29 is 44.3 Å². The van der Waals surface area contributed by atoms with E-state index in [0.29, 0.717) is 0 Å². The molecule has 142 valence electrons. The first-order valence-electron chi connectivity index (χ1n) is 6.73. The Morgan fingerprint density at radius 2 is 1.08 bits per heavy atom. The van der Waals surface area contributed by atoms with Crippen LogP contribution in [0.2, 0.25) is 0 Å². The summed E-state index contributed by atoms with van der Waals surface area (Å²) in [5.41, 5.74) is -0.987. The van der Waals surface area contributed by atoms with Crippen molar-refractivity contribution >= 4 is 5.78 Å². The van der Waals surface area contributed by atoms with Crippen molar-refractivity contribution in [3.05, 3.63) is 33.9 Å². The SMILES string of the molecule is Cc1cc(C)c(C)c(C(=O)C(F)(F)C(F)(F)C(F)(F)C(F)(F)F)c1C. The standard InChI is InChI=1S/C15H13F9O/c1-6-5-7(2)9(4)10(8(6)3)11(25)12(16,17)13(18,19)14(20,21)15(22,23)24/h5H,1-4H3. The van der Waals surface area contributed by atoms with Gasteiger partial charge in [0.1, 0.15) is 0 Å². The first kappa shape index (κ1) is 21.3. The zero-order valence-corrected chi connectivity index (χ0v) is 13.4. The second-order valence-corrected chi connectivity index (χ2v) is 5.69. The van der Waals surface area contributed by atoms with Gasteiger partial charge in [0.15, 0.2) is 0 Å². The highest BCUT2D eigenvalue weighted by Gasteiger charge is 2.83. The van der Waals surface area contributed by atoms with Crippen molar-refractivity contribution in [1.29, 1.82) is 0 Å². The number of carbonyl (C=O) groups is 1. The maximum atomic E-state index is 13.9. The number of halogens is 9. The van der Waals surface area contributed by atoms with Gasteiger partial charge in [-0.1, -0.05) is 6.07 Å². The van der Waals surface area contributed by atoms with Crippen LogP contribution >= 0.6 is 0 Å². The summed E-state index contributed by atoms with van der Waals surface area (Å²) in [6.45, 7) is 4.90. The normalized spacial score (nSPS) is 14.0. The van der Waals surface area contributed by atoms with Gasteiger partial charge in [0.05, 0.1) is 0 Å². The summed E-state index contributed by atoms with van der Waals surface area (Å²) in [6.07, 6.45) is -6.97. The number of hydrogen-bond donors (Lipinski definition) is 0. The average Bonchev–Trinajstić information content (AvgIpc) is 2.43. The first-order valence-corrected chi connectivity index (χ1v) is 6.73. The zero-order chi connectivity index (χ0) is 20.2. The fourth-order valence-electron chi connectivity index (χ4n) is 2.23. The summed E-state index contributed by atoms with van der Waals surface area (Å²) in [4.78, 5) is 11.9. The topological polar surface area (TPSA) is 17.1 Å². The molecule has 0 amide bonds. The monoisotopic (exact) mass is 380 g/mol. The summed E-state index contributed by atoms with van der Waals surface area (Å²) >= 11 is 0. The Hall–Kier alpha value is -1.74. The predicted octanol–water partition coefficient (Wildman–Crippen LogP) is 5.57. The third-order valence-corrected chi connectivity index (χ3v) is 4.02. The molecule has 0 aliphatic heterocycles. The van der Waals surface area contributed by atoms with E-state index in [1.807, 2.05) is 0 Å². The number of benzene rings is 1. The Labute approximate surface area is 136 Å². The number of rotatable bonds is 4. The Morgan fingerprint density at radius 3 is 1.40 bits per heavy atom. The van der Waals surface area contributed by atoms with E-state index in [4.69, 9.17) is 0 Å². The number of carbonyl (C=O) groups excluding carboxylic acids is 1. The highest BCUT2D eigenvalue weighted by atomic mass is 19.4. The van der Waals surface area contributed by atoms with Gasteiger partial charge < -0.3 is 0 Å². The van der Waals surface area contributed by atoms with Gasteiger partial charge in [-0.15, -0.1) is 0 Å². The molecule has 0 radical (unpaired) electrons. The molecule has 0 aliphatic rings. The van der Waals surface area contributed by atoms with E-state index in [1.165, 1.54) is 19.9 Å². The quantitative estimate of drug-likeness (QED) is 0.493. The number of ketones is 1. The summed E-state index contributed by atoms with van der Waals surface area (Å²) < 4.78 is 117. The lowest BCUT2D eigenvalue weighted by atomic mass is 9.87. The number of aryl methyl sites for hydroxylation is 2. The lowest BCUT2D eigenvalue weighted by Crippen LogP contribution is -2.63. The van der Waals surface area contributed by atoms with E-state index >= 15 is 0 Å². The minimum absolute atomic E-state index is 0.209. The van der Waals surface area contributed by atoms with E-state index in [2.05, 4.69) is 0 Å². The zero-order valence-electron chi connectivity index (χ0n) is 13.4. The minimum Gasteiger partial charge on any atom is -0.287 e. The Morgan fingerprint density at radius 1 is 0.720 bits per heavy atom. The second kappa shape index (κ2) is 5.91. The molecular formula is C15H13F9O. The highest BCUT2D eigenvalue weighted by molar-refractivity contribution is 6.05. The fourth-order valence-corrected chi connectivity index (χ4v) is 2.23. The lowest BCUT2D eigenvalue weighted by Gasteiger charge is -2.33. The van der Waals surface area contributed by atoms with Crippen LogP contribution in [0.15, 0.2) is 6.07 Å². The van der Waals surface area contributed by atoms with Gasteiger partial charge in [0, 0.05) is 5.56 Å². The molecule has 0 saturated heterocycles. The molecule has 0 spiro atoms. The molecule has 1 aromatic rings. The van der Waals surface area contributed by atoms with E-state index in [1.54, 1.807) is 0 Å². The van der Waals surface area contributed by atoms with Crippen LogP contribution in [0, 0.1) is 27.7 Å². The van der Waals surface area contributed by atoms with Crippen LogP contribution in [0.4, 0.5) is 39.5 Å². The molecule has 1 nitrogen and oxygen atoms in total. The molecule has 0 N–H and O–H groups in total. The van der Waals surface area contributed by atoms with Gasteiger partial charge in [-0.2, -0.15) is 39.5 Å². The van der Waals surface area contributed by atoms with E-state index in [9.17, 15) is 44.3 Å². The molecule has 25 heavy (non-hydrogen) atoms. The molecule has 0 atom stereocenters. The van der Waals surface area contributed by atoms with Crippen molar-refractivity contribution in [3.8, 4) is 0 Å². The molecular weight excluding hydrogens is 367 g/mol. The molecule has 10 heteroatoms. The summed E-state index contributed by atoms with van der Waals surface area (Å²) in [5.74, 6) is -23.1.